The maximum atomic E-state index is 9.31. The van der Waals surface area contributed by atoms with Crippen molar-refractivity contribution < 1.29 is 9.60 Å². The first kappa shape index (κ1) is 15.2. The normalized spacial score (nSPS) is 14.3. The number of hydrogen-bond donors (Lipinski definition) is 0. The molecule has 0 amide bonds. The summed E-state index contributed by atoms with van der Waals surface area (Å²) >= 11 is 0. The van der Waals surface area contributed by atoms with Crippen molar-refractivity contribution in [3.63, 3.8) is 0 Å². The summed E-state index contributed by atoms with van der Waals surface area (Å²) in [6, 6.07) is 31.2. The van der Waals surface area contributed by atoms with Crippen LogP contribution >= 0.6 is 0 Å². The number of aromatic nitrogens is 2. The summed E-state index contributed by atoms with van der Waals surface area (Å²) in [5, 5.41) is 2.29. The zero-order valence-corrected chi connectivity index (χ0v) is 20.2. The van der Waals surface area contributed by atoms with Crippen LogP contribution in [-0.2, 0) is 0 Å². The first-order valence-corrected chi connectivity index (χ1v) is 12.5. The smallest absolute Gasteiger partial charge is 0.0782 e. The molecule has 8 rings (SSSR count). The molecule has 2 nitrogen and oxygen atoms in total. The topological polar surface area (TPSA) is 9.86 Å². The van der Waals surface area contributed by atoms with Gasteiger partial charge in [0.05, 0.1) is 37.3 Å². The Labute approximate surface area is 230 Å². The van der Waals surface area contributed by atoms with Gasteiger partial charge in [-0.15, -0.1) is 0 Å². The average Bonchev–Trinajstić information content (AvgIpc) is 3.60. The summed E-state index contributed by atoms with van der Waals surface area (Å²) in [4.78, 5) is 0. The molecule has 0 spiro atoms. The Balaban J connectivity index is 1.61. The van der Waals surface area contributed by atoms with Crippen LogP contribution in [0.1, 0.15) is 9.60 Å². The third-order valence-corrected chi connectivity index (χ3v) is 7.23. The van der Waals surface area contributed by atoms with Crippen molar-refractivity contribution in [2.24, 2.45) is 0 Å². The first-order valence-electron chi connectivity index (χ1n) is 16.0. The fourth-order valence-electron chi connectivity index (χ4n) is 5.57. The van der Waals surface area contributed by atoms with Gasteiger partial charge in [-0.1, -0.05) is 109 Å². The van der Waals surface area contributed by atoms with Crippen LogP contribution in [0, 0.1) is 0 Å². The molecule has 2 aromatic heterocycles. The van der Waals surface area contributed by atoms with Crippen LogP contribution in [0.2, 0.25) is 0 Å². The molecule has 0 atom stereocenters. The highest BCUT2D eigenvalue weighted by Crippen LogP contribution is 2.39. The molecule has 0 bridgehead atoms. The lowest BCUT2D eigenvalue weighted by Gasteiger charge is -2.14. The Bertz CT molecular complexity index is 2440. The average molecular weight is 492 g/mol. The molecule has 2 heterocycles. The van der Waals surface area contributed by atoms with Gasteiger partial charge in [0.15, 0.2) is 0 Å². The molecule has 0 fully saturated rings. The minimum absolute atomic E-state index is 0.156. The predicted octanol–water partition coefficient (Wildman–Crippen LogP) is 9.55. The molecule has 6 aromatic carbocycles. The van der Waals surface area contributed by atoms with Crippen LogP contribution < -0.4 is 0 Å². The van der Waals surface area contributed by atoms with Crippen molar-refractivity contribution in [2.75, 3.05) is 0 Å². The Morgan fingerprint density at radius 3 is 1.76 bits per heavy atom. The van der Waals surface area contributed by atoms with Gasteiger partial charge in [0.1, 0.15) is 0 Å². The highest BCUT2D eigenvalue weighted by molar-refractivity contribution is 6.15. The molecule has 0 N–H and O–H groups in total. The molecule has 178 valence electrons. The van der Waals surface area contributed by atoms with Gasteiger partial charge in [0, 0.05) is 27.2 Å². The highest BCUT2D eigenvalue weighted by atomic mass is 15.1. The molecule has 0 aliphatic carbocycles. The first-order chi connectivity index (χ1) is 21.8. The maximum Gasteiger partial charge on any atom is 0.0782 e. The quantitative estimate of drug-likeness (QED) is 0.233. The second-order valence-corrected chi connectivity index (χ2v) is 9.29. The molecular weight excluding hydrogens is 460 g/mol. The summed E-state index contributed by atoms with van der Waals surface area (Å²) < 4.78 is 66.0. The van der Waals surface area contributed by atoms with Gasteiger partial charge in [0.25, 0.3) is 0 Å². The minimum atomic E-state index is -0.412. The van der Waals surface area contributed by atoms with Crippen molar-refractivity contribution in [3.05, 3.63) is 145 Å². The lowest BCUT2D eigenvalue weighted by atomic mass is 10.1. The standard InChI is InChI=1S/C36H24N2/c1-2-11-25(12-3-1)26-21-23-27(24-22-26)37-32-17-7-6-15-30(32)31-16-10-20-35(36(31)37)38-33-18-8-4-13-28(33)29-14-5-9-19-34(29)38/h1-24H/i6D,7D,10D,15D,16D,17D,20D. The van der Waals surface area contributed by atoms with Crippen molar-refractivity contribution in [2.45, 2.75) is 0 Å². The number of benzene rings is 6. The predicted molar refractivity (Wildman–Crippen MR) is 161 cm³/mol. The van der Waals surface area contributed by atoms with E-state index in [0.29, 0.717) is 16.9 Å². The SMILES string of the molecule is [2H]c1c([2H])c([2H])c2c(c1[2H])c1c([2H])c([2H])c([2H])c(-n3c4ccccc4c4ccccc43)c1n2-c1ccc(-c2ccccc2)cc1. The van der Waals surface area contributed by atoms with Crippen molar-refractivity contribution in [1.82, 2.24) is 9.13 Å². The van der Waals surface area contributed by atoms with Crippen molar-refractivity contribution in [3.8, 4) is 22.5 Å². The lowest BCUT2D eigenvalue weighted by molar-refractivity contribution is 1.13. The summed E-state index contributed by atoms with van der Waals surface area (Å²) in [6.45, 7) is 0. The molecule has 0 aliphatic heterocycles. The molecule has 0 saturated carbocycles. The molecule has 0 saturated heterocycles. The fourth-order valence-corrected chi connectivity index (χ4v) is 5.57. The summed E-state index contributed by atoms with van der Waals surface area (Å²) in [5.74, 6) is 0. The third kappa shape index (κ3) is 3.01. The van der Waals surface area contributed by atoms with E-state index in [0.717, 1.165) is 32.9 Å². The van der Waals surface area contributed by atoms with E-state index in [1.165, 1.54) is 0 Å². The molecule has 2 heteroatoms. The van der Waals surface area contributed by atoms with Gasteiger partial charge in [-0.2, -0.15) is 0 Å². The second-order valence-electron chi connectivity index (χ2n) is 9.29. The zero-order valence-electron chi connectivity index (χ0n) is 27.2. The Morgan fingerprint density at radius 2 is 1.03 bits per heavy atom. The molecule has 0 radical (unpaired) electrons. The molecule has 0 unspecified atom stereocenters. The number of nitrogens with zero attached hydrogens (tertiary/aromatic N) is 2. The van der Waals surface area contributed by atoms with Gasteiger partial charge in [-0.25, -0.2) is 0 Å². The van der Waals surface area contributed by atoms with E-state index in [-0.39, 0.29) is 52.5 Å². The van der Waals surface area contributed by atoms with E-state index in [1.807, 2.05) is 108 Å². The number of para-hydroxylation sites is 4. The van der Waals surface area contributed by atoms with E-state index >= 15 is 0 Å². The van der Waals surface area contributed by atoms with E-state index in [4.69, 9.17) is 8.22 Å². The number of rotatable bonds is 3. The van der Waals surface area contributed by atoms with Crippen LogP contribution in [-0.4, -0.2) is 9.13 Å². The van der Waals surface area contributed by atoms with Crippen molar-refractivity contribution in [1.29, 1.82) is 0 Å². The molecule has 8 aromatic rings. The van der Waals surface area contributed by atoms with Crippen LogP contribution in [0.15, 0.2) is 145 Å². The van der Waals surface area contributed by atoms with Gasteiger partial charge in [-0.05, 0) is 47.5 Å². The molecule has 0 aliphatic rings. The maximum absolute atomic E-state index is 9.31. The van der Waals surface area contributed by atoms with Crippen LogP contribution in [0.5, 0.6) is 0 Å². The van der Waals surface area contributed by atoms with E-state index < -0.39 is 6.04 Å². The highest BCUT2D eigenvalue weighted by Gasteiger charge is 2.19. The summed E-state index contributed by atoms with van der Waals surface area (Å²) in [5.41, 5.74) is 5.14. The van der Waals surface area contributed by atoms with E-state index in [2.05, 4.69) is 0 Å². The lowest BCUT2D eigenvalue weighted by Crippen LogP contribution is -2.00. The number of hydrogen-bond acceptors (Lipinski definition) is 0. The van der Waals surface area contributed by atoms with E-state index in [1.54, 1.807) is 4.57 Å². The monoisotopic (exact) mass is 491 g/mol. The number of fused-ring (bicyclic) bond motifs is 6. The van der Waals surface area contributed by atoms with Gasteiger partial charge in [0.2, 0.25) is 0 Å². The van der Waals surface area contributed by atoms with Crippen LogP contribution in [0.3, 0.4) is 0 Å². The van der Waals surface area contributed by atoms with Crippen LogP contribution in [0.25, 0.3) is 66.1 Å². The minimum Gasteiger partial charge on any atom is -0.307 e. The zero-order chi connectivity index (χ0) is 31.1. The molecule has 38 heavy (non-hydrogen) atoms. The second kappa shape index (κ2) is 8.22. The van der Waals surface area contributed by atoms with Crippen LogP contribution in [0.4, 0.5) is 0 Å². The van der Waals surface area contributed by atoms with Crippen molar-refractivity contribution >= 4 is 43.6 Å². The third-order valence-electron chi connectivity index (χ3n) is 7.23. The largest absolute Gasteiger partial charge is 0.307 e. The Morgan fingerprint density at radius 1 is 0.421 bits per heavy atom. The summed E-state index contributed by atoms with van der Waals surface area (Å²) in [7, 11) is 0. The van der Waals surface area contributed by atoms with Gasteiger partial charge in [-0.3, -0.25) is 0 Å². The summed E-state index contributed by atoms with van der Waals surface area (Å²) in [6.07, 6.45) is 0. The molecular formula is C36H24N2. The Kier molecular flexibility index (Phi) is 3.30. The van der Waals surface area contributed by atoms with Gasteiger partial charge < -0.3 is 9.13 Å². The van der Waals surface area contributed by atoms with E-state index in [9.17, 15) is 1.37 Å². The Hall–Kier alpha value is -5.08. The van der Waals surface area contributed by atoms with Gasteiger partial charge >= 0.3 is 0 Å². The fraction of sp³-hybridized carbons (Fsp3) is 0.